The van der Waals surface area contributed by atoms with Crippen LogP contribution in [-0.2, 0) is 17.8 Å². The predicted octanol–water partition coefficient (Wildman–Crippen LogP) is 0.887. The van der Waals surface area contributed by atoms with Gasteiger partial charge in [0.1, 0.15) is 0 Å². The predicted molar refractivity (Wildman–Crippen MR) is 78.5 cm³/mol. The summed E-state index contributed by atoms with van der Waals surface area (Å²) in [6.07, 6.45) is 2.32. The second kappa shape index (κ2) is 6.65. The Morgan fingerprint density at radius 3 is 2.95 bits per heavy atom. The topological polar surface area (TPSA) is 55.2 Å². The molecule has 1 atom stereocenters. The fourth-order valence-corrected chi connectivity index (χ4v) is 2.78. The van der Waals surface area contributed by atoms with E-state index in [1.54, 1.807) is 0 Å². The summed E-state index contributed by atoms with van der Waals surface area (Å²) >= 11 is 0. The van der Waals surface area contributed by atoms with E-state index in [4.69, 9.17) is 4.74 Å². The van der Waals surface area contributed by atoms with Gasteiger partial charge in [0, 0.05) is 32.4 Å². The zero-order valence-corrected chi connectivity index (χ0v) is 13.1. The van der Waals surface area contributed by atoms with Crippen LogP contribution in [-0.4, -0.2) is 57.8 Å². The van der Waals surface area contributed by atoms with E-state index in [0.717, 1.165) is 45.0 Å². The van der Waals surface area contributed by atoms with Crippen LogP contribution >= 0.6 is 0 Å². The van der Waals surface area contributed by atoms with Gasteiger partial charge in [0.2, 0.25) is 0 Å². The number of hydrogen-bond acceptors (Lipinski definition) is 5. The zero-order chi connectivity index (χ0) is 14.6. The van der Waals surface area contributed by atoms with Gasteiger partial charge in [-0.1, -0.05) is 12.1 Å². The van der Waals surface area contributed by atoms with Gasteiger partial charge in [-0.2, -0.15) is 0 Å². The number of rotatable bonds is 6. The highest BCUT2D eigenvalue weighted by Gasteiger charge is 2.30. The molecule has 2 heterocycles. The molecule has 1 unspecified atom stereocenters. The maximum absolute atomic E-state index is 5.92. The van der Waals surface area contributed by atoms with Crippen LogP contribution in [0.15, 0.2) is 6.20 Å². The first-order valence-corrected chi connectivity index (χ1v) is 7.48. The Balaban J connectivity index is 1.81. The molecule has 0 aromatic carbocycles. The second-order valence-electron chi connectivity index (χ2n) is 6.18. The largest absolute Gasteiger partial charge is 0.370 e. The van der Waals surface area contributed by atoms with Gasteiger partial charge in [0.15, 0.2) is 0 Å². The van der Waals surface area contributed by atoms with Crippen LogP contribution in [0.3, 0.4) is 0 Å². The quantitative estimate of drug-likeness (QED) is 0.839. The van der Waals surface area contributed by atoms with Gasteiger partial charge in [-0.25, -0.2) is 0 Å². The van der Waals surface area contributed by atoms with Crippen molar-refractivity contribution in [1.29, 1.82) is 0 Å². The van der Waals surface area contributed by atoms with Crippen molar-refractivity contribution < 1.29 is 4.74 Å². The number of nitrogens with one attached hydrogen (secondary N) is 1. The van der Waals surface area contributed by atoms with Crippen molar-refractivity contribution >= 4 is 0 Å². The Kier molecular flexibility index (Phi) is 5.12. The molecule has 1 aromatic rings. The molecule has 0 aliphatic carbocycles. The molecule has 1 saturated heterocycles. The van der Waals surface area contributed by atoms with Crippen LogP contribution in [0.1, 0.15) is 33.4 Å². The summed E-state index contributed by atoms with van der Waals surface area (Å²) in [5.74, 6) is 0. The third-order valence-electron chi connectivity index (χ3n) is 3.43. The maximum Gasteiger partial charge on any atom is 0.0964 e. The molecule has 6 heteroatoms. The average molecular weight is 281 g/mol. The van der Waals surface area contributed by atoms with Crippen LogP contribution in [0.25, 0.3) is 0 Å². The molecule has 1 aliphatic heterocycles. The SMILES string of the molecule is CCNCc1cn(CCN2CC(C)OC(C)(C)C2)nn1. The van der Waals surface area contributed by atoms with E-state index < -0.39 is 0 Å². The van der Waals surface area contributed by atoms with Gasteiger partial charge in [0.25, 0.3) is 0 Å². The lowest BCUT2D eigenvalue weighted by Gasteiger charge is -2.41. The highest BCUT2D eigenvalue weighted by Crippen LogP contribution is 2.20. The van der Waals surface area contributed by atoms with Crippen LogP contribution in [0.5, 0.6) is 0 Å². The van der Waals surface area contributed by atoms with Crippen molar-refractivity contribution in [2.24, 2.45) is 0 Å². The summed E-state index contributed by atoms with van der Waals surface area (Å²) in [5, 5.41) is 11.6. The molecule has 0 radical (unpaired) electrons. The normalized spacial score (nSPS) is 23.1. The number of ether oxygens (including phenoxy) is 1. The van der Waals surface area contributed by atoms with E-state index in [2.05, 4.69) is 48.2 Å². The van der Waals surface area contributed by atoms with Crippen molar-refractivity contribution in [3.63, 3.8) is 0 Å². The summed E-state index contributed by atoms with van der Waals surface area (Å²) in [5.41, 5.74) is 0.943. The fraction of sp³-hybridized carbons (Fsp3) is 0.857. The zero-order valence-electron chi connectivity index (χ0n) is 13.1. The van der Waals surface area contributed by atoms with E-state index in [1.807, 2.05) is 10.9 Å². The molecule has 1 N–H and O–H groups in total. The lowest BCUT2D eigenvalue weighted by Crippen LogP contribution is -2.52. The Labute approximate surface area is 121 Å². The minimum absolute atomic E-state index is 0.0593. The molecule has 1 aliphatic rings. The Morgan fingerprint density at radius 1 is 1.45 bits per heavy atom. The molecular weight excluding hydrogens is 254 g/mol. The molecule has 0 saturated carbocycles. The molecule has 0 spiro atoms. The minimum atomic E-state index is -0.0593. The van der Waals surface area contributed by atoms with E-state index in [9.17, 15) is 0 Å². The van der Waals surface area contributed by atoms with Gasteiger partial charge in [-0.05, 0) is 27.3 Å². The van der Waals surface area contributed by atoms with E-state index in [0.29, 0.717) is 6.10 Å². The number of hydrogen-bond donors (Lipinski definition) is 1. The third-order valence-corrected chi connectivity index (χ3v) is 3.43. The minimum Gasteiger partial charge on any atom is -0.370 e. The lowest BCUT2D eigenvalue weighted by molar-refractivity contribution is -0.129. The molecule has 2 rings (SSSR count). The Morgan fingerprint density at radius 2 is 2.25 bits per heavy atom. The van der Waals surface area contributed by atoms with E-state index >= 15 is 0 Å². The average Bonchev–Trinajstić information content (AvgIpc) is 2.79. The Hall–Kier alpha value is -0.980. The number of morpholine rings is 1. The van der Waals surface area contributed by atoms with Gasteiger partial charge in [-0.3, -0.25) is 9.58 Å². The summed E-state index contributed by atoms with van der Waals surface area (Å²) in [7, 11) is 0. The molecular formula is C14H27N5O. The summed E-state index contributed by atoms with van der Waals surface area (Å²) in [6, 6.07) is 0. The number of nitrogens with zero attached hydrogens (tertiary/aromatic N) is 4. The van der Waals surface area contributed by atoms with Crippen LogP contribution in [0.2, 0.25) is 0 Å². The van der Waals surface area contributed by atoms with Crippen LogP contribution in [0, 0.1) is 0 Å². The molecule has 0 amide bonds. The van der Waals surface area contributed by atoms with Crippen LogP contribution < -0.4 is 5.32 Å². The monoisotopic (exact) mass is 281 g/mol. The van der Waals surface area contributed by atoms with E-state index in [-0.39, 0.29) is 5.60 Å². The van der Waals surface area contributed by atoms with Gasteiger partial charge >= 0.3 is 0 Å². The summed E-state index contributed by atoms with van der Waals surface area (Å²) < 4.78 is 7.85. The van der Waals surface area contributed by atoms with Gasteiger partial charge in [0.05, 0.1) is 23.9 Å². The smallest absolute Gasteiger partial charge is 0.0964 e. The first-order valence-electron chi connectivity index (χ1n) is 7.48. The molecule has 1 aromatic heterocycles. The van der Waals surface area contributed by atoms with Crippen molar-refractivity contribution in [1.82, 2.24) is 25.2 Å². The second-order valence-corrected chi connectivity index (χ2v) is 6.18. The number of aromatic nitrogens is 3. The Bertz CT molecular complexity index is 417. The molecule has 114 valence electrons. The highest BCUT2D eigenvalue weighted by molar-refractivity contribution is 4.91. The molecule has 20 heavy (non-hydrogen) atoms. The lowest BCUT2D eigenvalue weighted by atomic mass is 10.1. The standard InChI is InChI=1S/C14H27N5O/c1-5-15-8-13-10-19(17-16-13)7-6-18-9-12(2)20-14(3,4)11-18/h10,12,15H,5-9,11H2,1-4H3. The first-order chi connectivity index (χ1) is 9.48. The molecule has 6 nitrogen and oxygen atoms in total. The first kappa shape index (κ1) is 15.4. The van der Waals surface area contributed by atoms with Crippen molar-refractivity contribution in [3.05, 3.63) is 11.9 Å². The van der Waals surface area contributed by atoms with Crippen molar-refractivity contribution in [3.8, 4) is 0 Å². The highest BCUT2D eigenvalue weighted by atomic mass is 16.5. The maximum atomic E-state index is 5.92. The summed E-state index contributed by atoms with van der Waals surface area (Å²) in [4.78, 5) is 2.44. The molecule has 0 bridgehead atoms. The summed E-state index contributed by atoms with van der Waals surface area (Å²) in [6.45, 7) is 14.1. The molecule has 1 fully saturated rings. The van der Waals surface area contributed by atoms with Crippen molar-refractivity contribution in [2.75, 3.05) is 26.2 Å². The third kappa shape index (κ3) is 4.54. The van der Waals surface area contributed by atoms with Crippen molar-refractivity contribution in [2.45, 2.75) is 52.5 Å². The van der Waals surface area contributed by atoms with Gasteiger partial charge < -0.3 is 10.1 Å². The fourth-order valence-electron chi connectivity index (χ4n) is 2.78. The van der Waals surface area contributed by atoms with Gasteiger partial charge in [-0.15, -0.1) is 5.10 Å². The van der Waals surface area contributed by atoms with E-state index in [1.165, 1.54) is 0 Å². The van der Waals surface area contributed by atoms with Crippen LogP contribution in [0.4, 0.5) is 0 Å².